The first-order valence-electron chi connectivity index (χ1n) is 24.8. The van der Waals surface area contributed by atoms with Crippen molar-refractivity contribution in [3.8, 4) is 45.0 Å². The number of nitrogens with zero attached hydrogens (tertiary/aromatic N) is 4. The summed E-state index contributed by atoms with van der Waals surface area (Å²) >= 11 is 0. The molecule has 0 radical (unpaired) electrons. The number of nitrogens with one attached hydrogen (secondary N) is 4. The molecule has 4 N–H and O–H groups in total. The van der Waals surface area contributed by atoms with Gasteiger partial charge in [0.1, 0.15) is 0 Å². The van der Waals surface area contributed by atoms with Crippen molar-refractivity contribution in [2.45, 2.75) is 6.92 Å². The Hall–Kier alpha value is -8.35. The van der Waals surface area contributed by atoms with E-state index in [2.05, 4.69) is 212 Å². The van der Waals surface area contributed by atoms with Crippen LogP contribution in [0.2, 0.25) is 0 Å². The van der Waals surface area contributed by atoms with Crippen LogP contribution < -0.4 is 43.1 Å². The molecular formula is C61H55B2N8NiP. The average molecular weight is 1010 g/mol. The monoisotopic (exact) mass is 1010 g/mol. The summed E-state index contributed by atoms with van der Waals surface area (Å²) in [6.07, 6.45) is 8.07. The van der Waals surface area contributed by atoms with Crippen LogP contribution in [0, 0.1) is 6.92 Å². The van der Waals surface area contributed by atoms with Gasteiger partial charge in [-0.25, -0.2) is 0 Å². The first-order chi connectivity index (χ1) is 35.7. The van der Waals surface area contributed by atoms with Crippen LogP contribution in [0.1, 0.15) is 5.56 Å². The van der Waals surface area contributed by atoms with Crippen molar-refractivity contribution in [1.29, 1.82) is 0 Å². The van der Waals surface area contributed by atoms with Crippen molar-refractivity contribution in [2.24, 2.45) is 0 Å². The molecule has 8 aromatic carbocycles. The second kappa shape index (κ2) is 24.2. The van der Waals surface area contributed by atoms with E-state index in [0.29, 0.717) is 0 Å². The molecule has 8 nitrogen and oxygen atoms in total. The molecule has 0 unspecified atom stereocenters. The van der Waals surface area contributed by atoms with Crippen molar-refractivity contribution >= 4 is 64.9 Å². The maximum absolute atomic E-state index is 4.45. The molecule has 4 aromatic heterocycles. The molecule has 12 heteroatoms. The van der Waals surface area contributed by atoms with Gasteiger partial charge in [-0.15, -0.1) is 0 Å². The second-order valence-electron chi connectivity index (χ2n) is 18.3. The van der Waals surface area contributed by atoms with Crippen LogP contribution in [0.15, 0.2) is 261 Å². The maximum Gasteiger partial charge on any atom is 2.00 e. The van der Waals surface area contributed by atoms with Gasteiger partial charge in [-0.3, -0.25) is 20.4 Å². The predicted octanol–water partition coefficient (Wildman–Crippen LogP) is 7.52. The van der Waals surface area contributed by atoms with Gasteiger partial charge in [0.2, 0.25) is 0 Å². The number of hydrogen-bond donors (Lipinski definition) is 4. The minimum Gasteiger partial charge on any atom is -0.288 e. The second-order valence-corrected chi connectivity index (χ2v) is 22.1. The first-order valence-corrected chi connectivity index (χ1v) is 26.8. The van der Waals surface area contributed by atoms with Crippen LogP contribution in [0.3, 0.4) is 0 Å². The SMILES string of the molecule is Cc1ccccc1[PH](c1ccccc1)(c1ccccc1)c1ccccc1.[BH2-](c1c[nH]nc1-c1ccccc1)c1c[nH]nc1-c1ccccc1.[BH2-](c1c[nH]nc1-c1ccccc1)c1c[nH]nc1-c1ccccc1.[Ni+2]. The third-order valence-electron chi connectivity index (χ3n) is 13.8. The summed E-state index contributed by atoms with van der Waals surface area (Å²) in [4.78, 5) is 0. The van der Waals surface area contributed by atoms with Crippen LogP contribution in [-0.2, 0) is 16.5 Å². The molecule has 12 aromatic rings. The number of rotatable bonds is 12. The quantitative estimate of drug-likeness (QED) is 0.0750. The Morgan fingerprint density at radius 2 is 0.534 bits per heavy atom. The summed E-state index contributed by atoms with van der Waals surface area (Å²) in [6.45, 7) is 2.24. The van der Waals surface area contributed by atoms with E-state index >= 15 is 0 Å². The summed E-state index contributed by atoms with van der Waals surface area (Å²) < 4.78 is 0. The zero-order valence-electron chi connectivity index (χ0n) is 40.9. The van der Waals surface area contributed by atoms with Gasteiger partial charge in [0.05, 0.1) is 22.8 Å². The van der Waals surface area contributed by atoms with Gasteiger partial charge >= 0.3 is 173 Å². The van der Waals surface area contributed by atoms with Crippen molar-refractivity contribution in [3.63, 3.8) is 0 Å². The van der Waals surface area contributed by atoms with Crippen LogP contribution in [-0.4, -0.2) is 55.3 Å². The average Bonchev–Trinajstić information content (AvgIpc) is 4.32. The Morgan fingerprint density at radius 1 is 0.301 bits per heavy atom. The summed E-state index contributed by atoms with van der Waals surface area (Å²) in [5, 5.41) is 35.6. The van der Waals surface area contributed by atoms with E-state index in [0.717, 1.165) is 45.0 Å². The molecule has 0 saturated heterocycles. The predicted molar refractivity (Wildman–Crippen MR) is 309 cm³/mol. The van der Waals surface area contributed by atoms with E-state index in [1.54, 1.807) is 0 Å². The molecule has 0 aliphatic rings. The Bertz CT molecular complexity index is 3140. The minimum absolute atomic E-state index is 0. The fraction of sp³-hybridized carbons (Fsp3) is 0.0164. The molecule has 0 bridgehead atoms. The van der Waals surface area contributed by atoms with Crippen LogP contribution in [0.4, 0.5) is 0 Å². The van der Waals surface area contributed by atoms with Crippen LogP contribution in [0.25, 0.3) is 45.0 Å². The Labute approximate surface area is 438 Å². The molecule has 0 atom stereocenters. The Kier molecular flexibility index (Phi) is 16.4. The van der Waals surface area contributed by atoms with Gasteiger partial charge < -0.3 is 0 Å². The number of aromatic amines is 4. The number of aromatic nitrogens is 8. The van der Waals surface area contributed by atoms with Gasteiger partial charge in [0.25, 0.3) is 0 Å². The van der Waals surface area contributed by atoms with Gasteiger partial charge in [-0.05, 0) is 47.0 Å². The molecule has 0 aliphatic heterocycles. The molecule has 12 rings (SSSR count). The van der Waals surface area contributed by atoms with Gasteiger partial charge in [0.15, 0.2) is 0 Å². The van der Waals surface area contributed by atoms with Crippen molar-refractivity contribution in [1.82, 2.24) is 40.8 Å². The number of benzene rings is 8. The maximum atomic E-state index is 4.45. The summed E-state index contributed by atoms with van der Waals surface area (Å²) in [7, 11) is -3.42. The topological polar surface area (TPSA) is 115 Å². The normalized spacial score (nSPS) is 11.0. The number of aryl methyl sites for hydroxylation is 1. The van der Waals surface area contributed by atoms with Gasteiger partial charge in [0, 0.05) is 14.6 Å². The molecule has 0 saturated carbocycles. The van der Waals surface area contributed by atoms with E-state index in [-0.39, 0.29) is 16.5 Å². The molecule has 0 spiro atoms. The van der Waals surface area contributed by atoms with Crippen molar-refractivity contribution < 1.29 is 16.5 Å². The molecular weight excluding hydrogens is 956 g/mol. The molecule has 0 fully saturated rings. The van der Waals surface area contributed by atoms with Crippen LogP contribution >= 0.6 is 7.26 Å². The van der Waals surface area contributed by atoms with E-state index in [1.165, 1.54) is 48.6 Å². The first kappa shape index (κ1) is 49.6. The van der Waals surface area contributed by atoms with E-state index < -0.39 is 21.8 Å². The van der Waals surface area contributed by atoms with Crippen molar-refractivity contribution in [3.05, 3.63) is 267 Å². The van der Waals surface area contributed by atoms with E-state index in [4.69, 9.17) is 0 Å². The van der Waals surface area contributed by atoms with E-state index in [9.17, 15) is 0 Å². The van der Waals surface area contributed by atoms with Crippen molar-refractivity contribution in [2.75, 3.05) is 0 Å². The zero-order valence-corrected chi connectivity index (χ0v) is 42.9. The fourth-order valence-electron chi connectivity index (χ4n) is 10.3. The molecule has 73 heavy (non-hydrogen) atoms. The van der Waals surface area contributed by atoms with Gasteiger partial charge in [-0.2, -0.15) is 42.2 Å². The summed E-state index contributed by atoms with van der Waals surface area (Å²) in [5.74, 6) is 0. The third kappa shape index (κ3) is 11.2. The summed E-state index contributed by atoms with van der Waals surface area (Å²) in [6, 6.07) is 83.3. The van der Waals surface area contributed by atoms with E-state index in [1.807, 2.05) is 97.6 Å². The zero-order chi connectivity index (χ0) is 48.8. The molecule has 0 amide bonds. The van der Waals surface area contributed by atoms with Gasteiger partial charge in [-0.1, -0.05) is 121 Å². The molecule has 0 aliphatic carbocycles. The molecule has 360 valence electrons. The third-order valence-corrected chi connectivity index (χ3v) is 18.7. The smallest absolute Gasteiger partial charge is 0.288 e. The minimum atomic E-state index is -2.34. The molecule has 4 heterocycles. The fourth-order valence-corrected chi connectivity index (χ4v) is 15.4. The summed E-state index contributed by atoms with van der Waals surface area (Å²) in [5.41, 5.74) is 15.3. The Balaban J connectivity index is 0.000000134. The Morgan fingerprint density at radius 3 is 0.795 bits per heavy atom. The van der Waals surface area contributed by atoms with Crippen LogP contribution in [0.5, 0.6) is 0 Å². The number of hydrogen-bond acceptors (Lipinski definition) is 4. The standard InChI is InChI=1S/C25H23P.2C18H16BN4.Ni/c1-21-13-11-12-20-25(21)26(22-14-5-2-6-15-22,23-16-7-3-8-17-23)24-18-9-4-10-19-24;2*1-3-7-13(8-4-1)17-15(11-20-22-17)19-16-12-21-23-18(16)14-9-5-2-6-10-14;/h2-20,26H,1H3;2*1-12H,19H2,(H,20,22)(H,21,23);/q;2*-1;+2. The largest absolute Gasteiger partial charge is 2.00 e. The number of H-pyrrole nitrogens is 4.